The van der Waals surface area contributed by atoms with Crippen LogP contribution in [0.4, 0.5) is 4.39 Å². The number of carbonyl (C=O) groups excluding carboxylic acids is 1. The second-order valence-electron chi connectivity index (χ2n) is 4.51. The Kier molecular flexibility index (Phi) is 4.35. The normalized spacial score (nSPS) is 23.1. The molecule has 1 amide bonds. The fourth-order valence-corrected chi connectivity index (χ4v) is 2.40. The molecular formula is C13H15BrFNO2. The van der Waals surface area contributed by atoms with E-state index in [0.29, 0.717) is 12.2 Å². The Hall–Kier alpha value is -0.940. The quantitative estimate of drug-likeness (QED) is 0.931. The zero-order valence-electron chi connectivity index (χ0n) is 10.1. The van der Waals surface area contributed by atoms with E-state index in [9.17, 15) is 9.18 Å². The van der Waals surface area contributed by atoms with Crippen LogP contribution in [0.1, 0.15) is 18.9 Å². The lowest BCUT2D eigenvalue weighted by Crippen LogP contribution is -2.36. The first kappa shape index (κ1) is 13.5. The molecule has 1 aromatic carbocycles. The summed E-state index contributed by atoms with van der Waals surface area (Å²) in [5.41, 5.74) is 0.461. The minimum absolute atomic E-state index is 0.167. The summed E-state index contributed by atoms with van der Waals surface area (Å²) in [5.74, 6) is -0.268. The third-order valence-corrected chi connectivity index (χ3v) is 3.60. The highest BCUT2D eigenvalue weighted by Crippen LogP contribution is 2.20. The summed E-state index contributed by atoms with van der Waals surface area (Å²) in [6.07, 6.45) is 0.490. The first-order chi connectivity index (χ1) is 8.58. The summed E-state index contributed by atoms with van der Waals surface area (Å²) in [7, 11) is 0. The second-order valence-corrected chi connectivity index (χ2v) is 5.43. The van der Waals surface area contributed by atoms with Crippen molar-refractivity contribution in [2.45, 2.75) is 26.0 Å². The topological polar surface area (TPSA) is 38.3 Å². The molecule has 3 nitrogen and oxygen atoms in total. The molecule has 98 valence electrons. The number of benzene rings is 1. The van der Waals surface area contributed by atoms with E-state index in [1.807, 2.05) is 6.92 Å². The molecule has 0 saturated carbocycles. The Morgan fingerprint density at radius 3 is 3.06 bits per heavy atom. The number of nitrogens with one attached hydrogen (secondary N) is 1. The first-order valence-electron chi connectivity index (χ1n) is 5.91. The average molecular weight is 316 g/mol. The van der Waals surface area contributed by atoms with Crippen molar-refractivity contribution in [2.75, 3.05) is 6.61 Å². The van der Waals surface area contributed by atoms with Gasteiger partial charge in [-0.3, -0.25) is 4.79 Å². The molecule has 1 fully saturated rings. The zero-order chi connectivity index (χ0) is 13.1. The first-order valence-corrected chi connectivity index (χ1v) is 6.70. The van der Waals surface area contributed by atoms with Crippen LogP contribution < -0.4 is 5.32 Å². The SMILES string of the molecule is CC1CCOC1C(=O)NCc1cc(Br)ccc1F. The molecule has 1 aliphatic heterocycles. The van der Waals surface area contributed by atoms with Gasteiger partial charge in [0.2, 0.25) is 5.91 Å². The van der Waals surface area contributed by atoms with Crippen molar-refractivity contribution in [3.05, 3.63) is 34.1 Å². The van der Waals surface area contributed by atoms with Crippen LogP contribution in [0.25, 0.3) is 0 Å². The van der Waals surface area contributed by atoms with Crippen LogP contribution in [-0.4, -0.2) is 18.6 Å². The summed E-state index contributed by atoms with van der Waals surface area (Å²) in [5, 5.41) is 2.71. The van der Waals surface area contributed by atoms with Gasteiger partial charge in [0.15, 0.2) is 0 Å². The number of halogens is 2. The van der Waals surface area contributed by atoms with Crippen LogP contribution in [0.3, 0.4) is 0 Å². The minimum atomic E-state index is -0.403. The summed E-state index contributed by atoms with van der Waals surface area (Å²) in [4.78, 5) is 11.9. The number of rotatable bonds is 3. The van der Waals surface area contributed by atoms with Crippen LogP contribution in [0, 0.1) is 11.7 Å². The standard InChI is InChI=1S/C13H15BrFNO2/c1-8-4-5-18-12(8)13(17)16-7-9-6-10(14)2-3-11(9)15/h2-3,6,8,12H,4-5,7H2,1H3,(H,16,17). The van der Waals surface area contributed by atoms with Gasteiger partial charge in [0.05, 0.1) is 0 Å². The second kappa shape index (κ2) is 5.80. The smallest absolute Gasteiger partial charge is 0.249 e. The van der Waals surface area contributed by atoms with Gasteiger partial charge < -0.3 is 10.1 Å². The van der Waals surface area contributed by atoms with E-state index >= 15 is 0 Å². The van der Waals surface area contributed by atoms with E-state index < -0.39 is 6.10 Å². The van der Waals surface area contributed by atoms with E-state index in [0.717, 1.165) is 10.9 Å². The molecule has 1 heterocycles. The summed E-state index contributed by atoms with van der Waals surface area (Å²) in [6, 6.07) is 4.66. The van der Waals surface area contributed by atoms with Crippen molar-refractivity contribution >= 4 is 21.8 Å². The molecule has 2 rings (SSSR count). The van der Waals surface area contributed by atoms with E-state index in [-0.39, 0.29) is 24.2 Å². The molecule has 1 saturated heterocycles. The van der Waals surface area contributed by atoms with Crippen LogP contribution in [-0.2, 0) is 16.1 Å². The van der Waals surface area contributed by atoms with Crippen molar-refractivity contribution in [1.29, 1.82) is 0 Å². The van der Waals surface area contributed by atoms with E-state index in [4.69, 9.17) is 4.74 Å². The molecule has 1 aromatic rings. The molecule has 0 spiro atoms. The fourth-order valence-electron chi connectivity index (χ4n) is 1.99. The lowest BCUT2D eigenvalue weighted by molar-refractivity contribution is -0.131. The average Bonchev–Trinajstić information content (AvgIpc) is 2.76. The van der Waals surface area contributed by atoms with Gasteiger partial charge in [0.25, 0.3) is 0 Å². The number of hydrogen-bond acceptors (Lipinski definition) is 2. The highest BCUT2D eigenvalue weighted by atomic mass is 79.9. The number of amides is 1. The Balaban J connectivity index is 1.95. The predicted molar refractivity (Wildman–Crippen MR) is 69.5 cm³/mol. The molecule has 1 aliphatic rings. The highest BCUT2D eigenvalue weighted by Gasteiger charge is 2.30. The van der Waals surface area contributed by atoms with Gasteiger partial charge in [-0.05, 0) is 30.5 Å². The maximum Gasteiger partial charge on any atom is 0.249 e. The zero-order valence-corrected chi connectivity index (χ0v) is 11.7. The lowest BCUT2D eigenvalue weighted by atomic mass is 10.0. The maximum absolute atomic E-state index is 13.5. The third kappa shape index (κ3) is 3.09. The van der Waals surface area contributed by atoms with Gasteiger partial charge >= 0.3 is 0 Å². The lowest BCUT2D eigenvalue weighted by Gasteiger charge is -2.14. The van der Waals surface area contributed by atoms with Gasteiger partial charge in [-0.1, -0.05) is 22.9 Å². The summed E-state index contributed by atoms with van der Waals surface area (Å²) in [6.45, 7) is 2.78. The Bertz CT molecular complexity index is 453. The molecular weight excluding hydrogens is 301 g/mol. The monoisotopic (exact) mass is 315 g/mol. The molecule has 2 unspecified atom stereocenters. The highest BCUT2D eigenvalue weighted by molar-refractivity contribution is 9.10. The largest absolute Gasteiger partial charge is 0.368 e. The van der Waals surface area contributed by atoms with E-state index in [1.54, 1.807) is 12.1 Å². The van der Waals surface area contributed by atoms with Gasteiger partial charge in [-0.2, -0.15) is 0 Å². The Labute approximate surface area is 114 Å². The molecule has 18 heavy (non-hydrogen) atoms. The van der Waals surface area contributed by atoms with E-state index in [2.05, 4.69) is 21.2 Å². The van der Waals surface area contributed by atoms with Crippen molar-refractivity contribution < 1.29 is 13.9 Å². The predicted octanol–water partition coefficient (Wildman–Crippen LogP) is 2.63. The Morgan fingerprint density at radius 2 is 2.39 bits per heavy atom. The summed E-state index contributed by atoms with van der Waals surface area (Å²) >= 11 is 3.28. The van der Waals surface area contributed by atoms with Crippen molar-refractivity contribution in [2.24, 2.45) is 5.92 Å². The Morgan fingerprint density at radius 1 is 1.61 bits per heavy atom. The molecule has 0 bridgehead atoms. The van der Waals surface area contributed by atoms with E-state index in [1.165, 1.54) is 6.07 Å². The van der Waals surface area contributed by atoms with Crippen molar-refractivity contribution in [3.8, 4) is 0 Å². The molecule has 0 aliphatic carbocycles. The third-order valence-electron chi connectivity index (χ3n) is 3.11. The number of ether oxygens (including phenoxy) is 1. The van der Waals surface area contributed by atoms with Crippen LogP contribution >= 0.6 is 15.9 Å². The van der Waals surface area contributed by atoms with Gasteiger partial charge in [-0.25, -0.2) is 4.39 Å². The van der Waals surface area contributed by atoms with Crippen LogP contribution in [0.15, 0.2) is 22.7 Å². The minimum Gasteiger partial charge on any atom is -0.368 e. The fraction of sp³-hybridized carbons (Fsp3) is 0.462. The van der Waals surface area contributed by atoms with Crippen LogP contribution in [0.2, 0.25) is 0 Å². The molecule has 5 heteroatoms. The molecule has 0 radical (unpaired) electrons. The maximum atomic E-state index is 13.5. The number of hydrogen-bond donors (Lipinski definition) is 1. The summed E-state index contributed by atoms with van der Waals surface area (Å²) < 4.78 is 19.6. The molecule has 1 N–H and O–H groups in total. The number of carbonyl (C=O) groups is 1. The molecule has 0 aromatic heterocycles. The van der Waals surface area contributed by atoms with Crippen molar-refractivity contribution in [3.63, 3.8) is 0 Å². The van der Waals surface area contributed by atoms with Gasteiger partial charge in [-0.15, -0.1) is 0 Å². The van der Waals surface area contributed by atoms with Gasteiger partial charge in [0, 0.05) is 23.2 Å². The van der Waals surface area contributed by atoms with Crippen molar-refractivity contribution in [1.82, 2.24) is 5.32 Å². The molecule has 2 atom stereocenters. The van der Waals surface area contributed by atoms with Crippen LogP contribution in [0.5, 0.6) is 0 Å². The van der Waals surface area contributed by atoms with Gasteiger partial charge in [0.1, 0.15) is 11.9 Å².